The standard InChI is InChI=1S/C19H30N4O/c1-15-11-17(13-20-12-15)14-22-7-9-23(10-8-22)16(2)19(24)21-18-5-3-4-6-18/h11-13,16,18H,3-10,14H2,1-2H3,(H,21,24). The lowest BCUT2D eigenvalue weighted by molar-refractivity contribution is -0.127. The van der Waals surface area contributed by atoms with Gasteiger partial charge in [0.05, 0.1) is 6.04 Å². The number of carbonyl (C=O) groups is 1. The summed E-state index contributed by atoms with van der Waals surface area (Å²) in [5.74, 6) is 0.207. The predicted octanol–water partition coefficient (Wildman–Crippen LogP) is 1.95. The fraction of sp³-hybridized carbons (Fsp3) is 0.684. The molecule has 1 aromatic heterocycles. The number of amides is 1. The Morgan fingerprint density at radius 3 is 2.62 bits per heavy atom. The molecule has 1 aromatic rings. The van der Waals surface area contributed by atoms with Crippen molar-refractivity contribution in [2.24, 2.45) is 0 Å². The highest BCUT2D eigenvalue weighted by Crippen LogP contribution is 2.18. The van der Waals surface area contributed by atoms with Gasteiger partial charge in [-0.2, -0.15) is 0 Å². The Labute approximate surface area is 145 Å². The van der Waals surface area contributed by atoms with Gasteiger partial charge in [0.25, 0.3) is 0 Å². The fourth-order valence-corrected chi connectivity index (χ4v) is 3.83. The molecule has 2 aliphatic rings. The average Bonchev–Trinajstić information content (AvgIpc) is 3.08. The molecule has 1 unspecified atom stereocenters. The Kier molecular flexibility index (Phi) is 5.85. The van der Waals surface area contributed by atoms with E-state index in [0.29, 0.717) is 6.04 Å². The molecule has 24 heavy (non-hydrogen) atoms. The number of aryl methyl sites for hydroxylation is 1. The van der Waals surface area contributed by atoms with Crippen LogP contribution >= 0.6 is 0 Å². The van der Waals surface area contributed by atoms with Crippen molar-refractivity contribution >= 4 is 5.91 Å². The Bertz CT molecular complexity index is 548. The molecule has 0 aromatic carbocycles. The van der Waals surface area contributed by atoms with Crippen LogP contribution in [0.4, 0.5) is 0 Å². The lowest BCUT2D eigenvalue weighted by Crippen LogP contribution is -2.54. The summed E-state index contributed by atoms with van der Waals surface area (Å²) < 4.78 is 0. The minimum absolute atomic E-state index is 0.0200. The maximum atomic E-state index is 12.4. The van der Waals surface area contributed by atoms with Crippen LogP contribution in [0.15, 0.2) is 18.5 Å². The number of nitrogens with zero attached hydrogens (tertiary/aromatic N) is 3. The number of pyridine rings is 1. The second kappa shape index (κ2) is 8.08. The molecule has 1 aliphatic heterocycles. The monoisotopic (exact) mass is 330 g/mol. The SMILES string of the molecule is Cc1cncc(CN2CCN(C(C)C(=O)NC3CCCC3)CC2)c1. The van der Waals surface area contributed by atoms with Gasteiger partial charge < -0.3 is 5.32 Å². The van der Waals surface area contributed by atoms with Crippen molar-refractivity contribution in [3.63, 3.8) is 0 Å². The van der Waals surface area contributed by atoms with E-state index in [0.717, 1.165) is 45.6 Å². The molecular formula is C19H30N4O. The first-order chi connectivity index (χ1) is 11.6. The Balaban J connectivity index is 1.44. The summed E-state index contributed by atoms with van der Waals surface area (Å²) in [7, 11) is 0. The first-order valence-corrected chi connectivity index (χ1v) is 9.29. The Hall–Kier alpha value is -1.46. The largest absolute Gasteiger partial charge is 0.352 e. The zero-order chi connectivity index (χ0) is 16.9. The molecule has 1 saturated carbocycles. The Morgan fingerprint density at radius 1 is 1.25 bits per heavy atom. The average molecular weight is 330 g/mol. The van der Waals surface area contributed by atoms with Gasteiger partial charge >= 0.3 is 0 Å². The number of hydrogen-bond acceptors (Lipinski definition) is 4. The minimum Gasteiger partial charge on any atom is -0.352 e. The third-order valence-corrected chi connectivity index (χ3v) is 5.37. The van der Waals surface area contributed by atoms with E-state index in [1.165, 1.54) is 24.0 Å². The van der Waals surface area contributed by atoms with Crippen LogP contribution in [-0.4, -0.2) is 59.0 Å². The van der Waals surface area contributed by atoms with E-state index in [2.05, 4.69) is 33.1 Å². The van der Waals surface area contributed by atoms with Crippen LogP contribution in [-0.2, 0) is 11.3 Å². The van der Waals surface area contributed by atoms with E-state index >= 15 is 0 Å². The highest BCUT2D eigenvalue weighted by Gasteiger charge is 2.27. The minimum atomic E-state index is -0.0200. The zero-order valence-electron chi connectivity index (χ0n) is 15.0. The number of piperazine rings is 1. The van der Waals surface area contributed by atoms with Gasteiger partial charge in [0.1, 0.15) is 0 Å². The summed E-state index contributed by atoms with van der Waals surface area (Å²) >= 11 is 0. The van der Waals surface area contributed by atoms with E-state index in [1.54, 1.807) is 0 Å². The maximum Gasteiger partial charge on any atom is 0.237 e. The summed E-state index contributed by atoms with van der Waals surface area (Å²) in [6, 6.07) is 2.60. The first kappa shape index (κ1) is 17.4. The van der Waals surface area contributed by atoms with E-state index < -0.39 is 0 Å². The van der Waals surface area contributed by atoms with Gasteiger partial charge in [-0.25, -0.2) is 0 Å². The van der Waals surface area contributed by atoms with Crippen molar-refractivity contribution in [2.45, 2.75) is 58.2 Å². The van der Waals surface area contributed by atoms with E-state index in [9.17, 15) is 4.79 Å². The van der Waals surface area contributed by atoms with Crippen molar-refractivity contribution in [1.29, 1.82) is 0 Å². The van der Waals surface area contributed by atoms with Gasteiger partial charge in [-0.05, 0) is 37.8 Å². The van der Waals surface area contributed by atoms with Gasteiger partial charge in [-0.3, -0.25) is 19.6 Å². The number of rotatable bonds is 5. The molecule has 132 valence electrons. The summed E-state index contributed by atoms with van der Waals surface area (Å²) in [4.78, 5) is 21.5. The molecule has 5 nitrogen and oxygen atoms in total. The molecule has 0 bridgehead atoms. The highest BCUT2D eigenvalue weighted by atomic mass is 16.2. The van der Waals surface area contributed by atoms with Crippen LogP contribution < -0.4 is 5.32 Å². The number of hydrogen-bond donors (Lipinski definition) is 1. The highest BCUT2D eigenvalue weighted by molar-refractivity contribution is 5.81. The van der Waals surface area contributed by atoms with Crippen molar-refractivity contribution in [3.8, 4) is 0 Å². The Morgan fingerprint density at radius 2 is 1.96 bits per heavy atom. The zero-order valence-corrected chi connectivity index (χ0v) is 15.0. The molecule has 1 amide bonds. The smallest absolute Gasteiger partial charge is 0.237 e. The lowest BCUT2D eigenvalue weighted by Gasteiger charge is -2.37. The summed E-state index contributed by atoms with van der Waals surface area (Å²) in [5, 5.41) is 3.23. The molecule has 1 N–H and O–H groups in total. The first-order valence-electron chi connectivity index (χ1n) is 9.29. The van der Waals surface area contributed by atoms with Crippen LogP contribution in [0.1, 0.15) is 43.7 Å². The van der Waals surface area contributed by atoms with Gasteiger partial charge in [0.2, 0.25) is 5.91 Å². The number of carbonyl (C=O) groups excluding carboxylic acids is 1. The molecule has 0 radical (unpaired) electrons. The molecule has 0 spiro atoms. The number of nitrogens with one attached hydrogen (secondary N) is 1. The quantitative estimate of drug-likeness (QED) is 0.896. The maximum absolute atomic E-state index is 12.4. The second-order valence-corrected chi connectivity index (χ2v) is 7.35. The van der Waals surface area contributed by atoms with Crippen LogP contribution in [0, 0.1) is 6.92 Å². The molecule has 3 rings (SSSR count). The summed E-state index contributed by atoms with van der Waals surface area (Å²) in [6.07, 6.45) is 8.66. The molecule has 1 atom stereocenters. The van der Waals surface area contributed by atoms with Crippen LogP contribution in [0.25, 0.3) is 0 Å². The molecule has 5 heteroatoms. The number of aromatic nitrogens is 1. The third kappa shape index (κ3) is 4.54. The van der Waals surface area contributed by atoms with Gasteiger partial charge in [0.15, 0.2) is 0 Å². The summed E-state index contributed by atoms with van der Waals surface area (Å²) in [6.45, 7) is 9.01. The van der Waals surface area contributed by atoms with Crippen molar-refractivity contribution in [3.05, 3.63) is 29.6 Å². The van der Waals surface area contributed by atoms with Crippen LogP contribution in [0.2, 0.25) is 0 Å². The second-order valence-electron chi connectivity index (χ2n) is 7.35. The lowest BCUT2D eigenvalue weighted by atomic mass is 10.1. The van der Waals surface area contributed by atoms with E-state index in [1.807, 2.05) is 19.3 Å². The van der Waals surface area contributed by atoms with Crippen LogP contribution in [0.3, 0.4) is 0 Å². The van der Waals surface area contributed by atoms with Gasteiger partial charge in [0, 0.05) is 51.2 Å². The summed E-state index contributed by atoms with van der Waals surface area (Å²) in [5.41, 5.74) is 2.49. The predicted molar refractivity (Wildman–Crippen MR) is 95.7 cm³/mol. The molecule has 2 fully saturated rings. The van der Waals surface area contributed by atoms with Crippen molar-refractivity contribution in [2.75, 3.05) is 26.2 Å². The van der Waals surface area contributed by atoms with Crippen molar-refractivity contribution < 1.29 is 4.79 Å². The van der Waals surface area contributed by atoms with Gasteiger partial charge in [-0.15, -0.1) is 0 Å². The molecule has 1 saturated heterocycles. The molecular weight excluding hydrogens is 300 g/mol. The normalized spacial score (nSPS) is 21.8. The third-order valence-electron chi connectivity index (χ3n) is 5.37. The molecule has 1 aliphatic carbocycles. The molecule has 2 heterocycles. The van der Waals surface area contributed by atoms with Crippen LogP contribution in [0.5, 0.6) is 0 Å². The van der Waals surface area contributed by atoms with E-state index in [4.69, 9.17) is 0 Å². The van der Waals surface area contributed by atoms with E-state index in [-0.39, 0.29) is 11.9 Å². The van der Waals surface area contributed by atoms with Crippen molar-refractivity contribution in [1.82, 2.24) is 20.1 Å². The fourth-order valence-electron chi connectivity index (χ4n) is 3.83. The van der Waals surface area contributed by atoms with Gasteiger partial charge in [-0.1, -0.05) is 18.9 Å². The topological polar surface area (TPSA) is 48.5 Å².